The Morgan fingerprint density at radius 1 is 1.00 bits per heavy atom. The van der Waals surface area contributed by atoms with E-state index in [9.17, 15) is 4.79 Å². The Morgan fingerprint density at radius 2 is 1.75 bits per heavy atom. The summed E-state index contributed by atoms with van der Waals surface area (Å²) >= 11 is 0. The van der Waals surface area contributed by atoms with Crippen LogP contribution in [0.3, 0.4) is 0 Å². The van der Waals surface area contributed by atoms with Gasteiger partial charge in [-0.1, -0.05) is 19.8 Å². The minimum absolute atomic E-state index is 0.138. The molecule has 3 saturated heterocycles. The van der Waals surface area contributed by atoms with E-state index in [1.165, 1.54) is 25.8 Å². The van der Waals surface area contributed by atoms with Gasteiger partial charge in [0.1, 0.15) is 0 Å². The second-order valence-electron chi connectivity index (χ2n) is 7.62. The standard InChI is InChI=1S/C19H35N3O2/c1-2-3-4-9-20-11-13-21(14-12-20)18-6-5-10-22(19(18)23)17-7-15-24-16-8-17/h17-18H,2-16H2,1H3/t18-/m1/s1. The van der Waals surface area contributed by atoms with Crippen molar-refractivity contribution in [1.82, 2.24) is 14.7 Å². The van der Waals surface area contributed by atoms with Gasteiger partial charge in [0.2, 0.25) is 5.91 Å². The first-order valence-corrected chi connectivity index (χ1v) is 10.1. The molecule has 0 saturated carbocycles. The zero-order valence-electron chi connectivity index (χ0n) is 15.4. The lowest BCUT2D eigenvalue weighted by molar-refractivity contribution is -0.145. The van der Waals surface area contributed by atoms with Gasteiger partial charge in [-0.05, 0) is 38.6 Å². The number of nitrogens with zero attached hydrogens (tertiary/aromatic N) is 3. The number of rotatable bonds is 6. The van der Waals surface area contributed by atoms with Crippen molar-refractivity contribution < 1.29 is 9.53 Å². The molecule has 0 bridgehead atoms. The number of carbonyl (C=O) groups is 1. The average Bonchev–Trinajstić information content (AvgIpc) is 2.64. The van der Waals surface area contributed by atoms with Gasteiger partial charge in [0.05, 0.1) is 6.04 Å². The predicted molar refractivity (Wildman–Crippen MR) is 96.1 cm³/mol. The molecule has 5 heteroatoms. The van der Waals surface area contributed by atoms with Crippen molar-refractivity contribution in [3.8, 4) is 0 Å². The lowest BCUT2D eigenvalue weighted by atomic mass is 9.97. The van der Waals surface area contributed by atoms with Crippen LogP contribution in [0.2, 0.25) is 0 Å². The molecule has 1 atom stereocenters. The van der Waals surface area contributed by atoms with Crippen molar-refractivity contribution in [3.63, 3.8) is 0 Å². The van der Waals surface area contributed by atoms with Crippen LogP contribution in [0.1, 0.15) is 51.9 Å². The monoisotopic (exact) mass is 337 g/mol. The lowest BCUT2D eigenvalue weighted by Crippen LogP contribution is -2.59. The highest BCUT2D eigenvalue weighted by Gasteiger charge is 2.37. The first-order chi connectivity index (χ1) is 11.8. The van der Waals surface area contributed by atoms with E-state index in [0.29, 0.717) is 11.9 Å². The molecule has 0 aromatic rings. The Balaban J connectivity index is 1.48. The number of piperidine rings is 1. The van der Waals surface area contributed by atoms with Crippen molar-refractivity contribution in [3.05, 3.63) is 0 Å². The molecule has 0 radical (unpaired) electrons. The third-order valence-corrected chi connectivity index (χ3v) is 6.00. The zero-order chi connectivity index (χ0) is 16.8. The lowest BCUT2D eigenvalue weighted by Gasteiger charge is -2.45. The fraction of sp³-hybridized carbons (Fsp3) is 0.947. The van der Waals surface area contributed by atoms with Gasteiger partial charge < -0.3 is 14.5 Å². The maximum absolute atomic E-state index is 13.0. The minimum Gasteiger partial charge on any atom is -0.381 e. The number of ether oxygens (including phenoxy) is 1. The van der Waals surface area contributed by atoms with Crippen LogP contribution in [0.25, 0.3) is 0 Å². The van der Waals surface area contributed by atoms with Gasteiger partial charge in [0.25, 0.3) is 0 Å². The van der Waals surface area contributed by atoms with E-state index in [1.54, 1.807) is 0 Å². The molecule has 24 heavy (non-hydrogen) atoms. The normalized spacial score (nSPS) is 28.5. The molecule has 3 fully saturated rings. The van der Waals surface area contributed by atoms with Gasteiger partial charge >= 0.3 is 0 Å². The average molecular weight is 338 g/mol. The van der Waals surface area contributed by atoms with Crippen LogP contribution in [0, 0.1) is 0 Å². The molecule has 0 aromatic carbocycles. The molecule has 1 amide bonds. The summed E-state index contributed by atoms with van der Waals surface area (Å²) in [7, 11) is 0. The van der Waals surface area contributed by atoms with Gasteiger partial charge in [0.15, 0.2) is 0 Å². The highest BCUT2D eigenvalue weighted by molar-refractivity contribution is 5.83. The number of carbonyl (C=O) groups excluding carboxylic acids is 1. The summed E-state index contributed by atoms with van der Waals surface area (Å²) in [6.07, 6.45) is 8.18. The first-order valence-electron chi connectivity index (χ1n) is 10.1. The molecule has 0 spiro atoms. The minimum atomic E-state index is 0.138. The molecule has 3 aliphatic heterocycles. The van der Waals surface area contributed by atoms with Crippen LogP contribution in [0.4, 0.5) is 0 Å². The summed E-state index contributed by atoms with van der Waals surface area (Å²) < 4.78 is 5.47. The smallest absolute Gasteiger partial charge is 0.240 e. The Bertz CT molecular complexity index is 390. The van der Waals surface area contributed by atoms with Crippen molar-refractivity contribution in [2.45, 2.75) is 64.0 Å². The van der Waals surface area contributed by atoms with Crippen LogP contribution in [0.15, 0.2) is 0 Å². The number of hydrogen-bond donors (Lipinski definition) is 0. The summed E-state index contributed by atoms with van der Waals surface area (Å²) in [4.78, 5) is 20.3. The Labute approximate surface area is 147 Å². The molecule has 0 aliphatic carbocycles. The maximum Gasteiger partial charge on any atom is 0.240 e. The van der Waals surface area contributed by atoms with Gasteiger partial charge in [-0.25, -0.2) is 0 Å². The number of piperazine rings is 1. The summed E-state index contributed by atoms with van der Waals surface area (Å²) in [6, 6.07) is 0.559. The SMILES string of the molecule is CCCCCN1CCN([C@@H]2CCCN(C3CCOCC3)C2=O)CC1. The number of amides is 1. The van der Waals surface area contributed by atoms with E-state index in [4.69, 9.17) is 4.74 Å². The third-order valence-electron chi connectivity index (χ3n) is 6.00. The zero-order valence-corrected chi connectivity index (χ0v) is 15.4. The molecule has 3 heterocycles. The topological polar surface area (TPSA) is 36.0 Å². The molecule has 138 valence electrons. The van der Waals surface area contributed by atoms with E-state index in [-0.39, 0.29) is 6.04 Å². The summed E-state index contributed by atoms with van der Waals surface area (Å²) in [5.41, 5.74) is 0. The maximum atomic E-state index is 13.0. The first kappa shape index (κ1) is 18.2. The molecule has 5 nitrogen and oxygen atoms in total. The fourth-order valence-corrected chi connectivity index (χ4v) is 4.46. The number of likely N-dealkylation sites (tertiary alicyclic amines) is 1. The molecule has 0 N–H and O–H groups in total. The van der Waals surface area contributed by atoms with Crippen molar-refractivity contribution in [2.24, 2.45) is 0 Å². The number of hydrogen-bond acceptors (Lipinski definition) is 4. The van der Waals surface area contributed by atoms with E-state index < -0.39 is 0 Å². The van der Waals surface area contributed by atoms with Crippen LogP contribution >= 0.6 is 0 Å². The Hall–Kier alpha value is -0.650. The largest absolute Gasteiger partial charge is 0.381 e. The van der Waals surface area contributed by atoms with E-state index >= 15 is 0 Å². The molecule has 3 aliphatic rings. The van der Waals surface area contributed by atoms with E-state index in [0.717, 1.165) is 71.6 Å². The quantitative estimate of drug-likeness (QED) is 0.694. The molecule has 0 aromatic heterocycles. The Morgan fingerprint density at radius 3 is 2.46 bits per heavy atom. The van der Waals surface area contributed by atoms with Gasteiger partial charge in [-0.2, -0.15) is 0 Å². The van der Waals surface area contributed by atoms with Crippen molar-refractivity contribution >= 4 is 5.91 Å². The second-order valence-corrected chi connectivity index (χ2v) is 7.62. The van der Waals surface area contributed by atoms with Crippen LogP contribution < -0.4 is 0 Å². The van der Waals surface area contributed by atoms with Gasteiger partial charge in [-0.15, -0.1) is 0 Å². The van der Waals surface area contributed by atoms with Crippen LogP contribution in [0.5, 0.6) is 0 Å². The number of unbranched alkanes of at least 4 members (excludes halogenated alkanes) is 2. The van der Waals surface area contributed by atoms with Gasteiger partial charge in [-0.3, -0.25) is 9.69 Å². The molecule has 3 rings (SSSR count). The highest BCUT2D eigenvalue weighted by atomic mass is 16.5. The van der Waals surface area contributed by atoms with Crippen LogP contribution in [-0.4, -0.2) is 85.2 Å². The van der Waals surface area contributed by atoms with E-state index in [1.807, 2.05) is 0 Å². The molecular weight excluding hydrogens is 302 g/mol. The third kappa shape index (κ3) is 4.50. The Kier molecular flexibility index (Phi) is 6.93. The van der Waals surface area contributed by atoms with Crippen LogP contribution in [-0.2, 0) is 9.53 Å². The summed E-state index contributed by atoms with van der Waals surface area (Å²) in [6.45, 7) is 10.5. The summed E-state index contributed by atoms with van der Waals surface area (Å²) in [5.74, 6) is 0.396. The molecule has 0 unspecified atom stereocenters. The van der Waals surface area contributed by atoms with E-state index in [2.05, 4.69) is 21.6 Å². The molecular formula is C19H35N3O2. The van der Waals surface area contributed by atoms with Crippen molar-refractivity contribution in [1.29, 1.82) is 0 Å². The fourth-order valence-electron chi connectivity index (χ4n) is 4.46. The van der Waals surface area contributed by atoms with Crippen molar-refractivity contribution in [2.75, 3.05) is 52.5 Å². The highest BCUT2D eigenvalue weighted by Crippen LogP contribution is 2.24. The second kappa shape index (κ2) is 9.16. The van der Waals surface area contributed by atoms with Gasteiger partial charge in [0, 0.05) is 52.0 Å². The summed E-state index contributed by atoms with van der Waals surface area (Å²) in [5, 5.41) is 0. The predicted octanol–water partition coefficient (Wildman–Crippen LogP) is 1.96.